The van der Waals surface area contributed by atoms with Gasteiger partial charge in [0.2, 0.25) is 5.89 Å². The van der Waals surface area contributed by atoms with Crippen LogP contribution in [0.3, 0.4) is 0 Å². The van der Waals surface area contributed by atoms with Gasteiger partial charge < -0.3 is 14.5 Å². The third-order valence-electron chi connectivity index (χ3n) is 3.78. The number of hydrogen-bond acceptors (Lipinski definition) is 6. The van der Waals surface area contributed by atoms with Gasteiger partial charge in [0.25, 0.3) is 0 Å². The molecule has 1 N–H and O–H groups in total. The second-order valence-electron chi connectivity index (χ2n) is 5.48. The minimum Gasteiger partial charge on any atom is -0.478 e. The number of halogens is 3. The number of aromatic carboxylic acids is 1. The number of anilines is 1. The Morgan fingerprint density at radius 2 is 2.12 bits per heavy atom. The molecule has 24 heavy (non-hydrogen) atoms. The average Bonchev–Trinajstić information content (AvgIpc) is 3.14. The van der Waals surface area contributed by atoms with Crippen molar-refractivity contribution in [2.24, 2.45) is 0 Å². The van der Waals surface area contributed by atoms with Gasteiger partial charge in [-0.25, -0.2) is 9.78 Å². The number of aromatic nitrogens is 3. The fourth-order valence-corrected chi connectivity index (χ4v) is 2.65. The van der Waals surface area contributed by atoms with Gasteiger partial charge in [-0.15, -0.1) is 0 Å². The summed E-state index contributed by atoms with van der Waals surface area (Å²) in [6.45, 7) is 2.27. The third kappa shape index (κ3) is 3.03. The van der Waals surface area contributed by atoms with E-state index in [4.69, 9.17) is 4.52 Å². The van der Waals surface area contributed by atoms with E-state index in [0.717, 1.165) is 6.07 Å². The molecule has 0 bridgehead atoms. The lowest BCUT2D eigenvalue weighted by atomic mass is 10.1. The van der Waals surface area contributed by atoms with Gasteiger partial charge in [-0.2, -0.15) is 18.2 Å². The van der Waals surface area contributed by atoms with Crippen LogP contribution in [0.4, 0.5) is 19.0 Å². The summed E-state index contributed by atoms with van der Waals surface area (Å²) in [6.07, 6.45) is -4.09. The number of hydrogen-bond donors (Lipinski definition) is 1. The Morgan fingerprint density at radius 1 is 1.38 bits per heavy atom. The maximum absolute atomic E-state index is 12.9. The highest BCUT2D eigenvalue weighted by molar-refractivity contribution is 5.93. The van der Waals surface area contributed by atoms with Crippen molar-refractivity contribution < 1.29 is 27.6 Å². The Hall–Kier alpha value is -2.65. The highest BCUT2D eigenvalue weighted by Crippen LogP contribution is 2.34. The maximum Gasteiger partial charge on any atom is 0.433 e. The predicted molar refractivity (Wildman–Crippen MR) is 74.8 cm³/mol. The van der Waals surface area contributed by atoms with E-state index < -0.39 is 17.8 Å². The van der Waals surface area contributed by atoms with Crippen molar-refractivity contribution >= 4 is 11.8 Å². The van der Waals surface area contributed by atoms with E-state index in [-0.39, 0.29) is 23.8 Å². The topological polar surface area (TPSA) is 92.4 Å². The maximum atomic E-state index is 12.9. The summed E-state index contributed by atoms with van der Waals surface area (Å²) in [4.78, 5) is 20.5. The van der Waals surface area contributed by atoms with E-state index in [1.807, 2.05) is 0 Å². The Labute approximate surface area is 134 Å². The summed E-state index contributed by atoms with van der Waals surface area (Å²) in [5.41, 5.74) is -1.40. The molecule has 0 spiro atoms. The van der Waals surface area contributed by atoms with Crippen LogP contribution in [-0.4, -0.2) is 39.3 Å². The molecule has 1 unspecified atom stereocenters. The number of carboxylic acids is 1. The van der Waals surface area contributed by atoms with Gasteiger partial charge in [0.05, 0.1) is 5.92 Å². The largest absolute Gasteiger partial charge is 0.478 e. The molecule has 2 aromatic heterocycles. The number of alkyl halides is 3. The zero-order valence-electron chi connectivity index (χ0n) is 12.5. The Balaban J connectivity index is 1.92. The molecule has 1 aliphatic rings. The molecule has 1 aliphatic heterocycles. The van der Waals surface area contributed by atoms with Gasteiger partial charge in [-0.05, 0) is 25.5 Å². The molecular formula is C14H13F3N4O3. The fourth-order valence-electron chi connectivity index (χ4n) is 2.65. The van der Waals surface area contributed by atoms with Crippen LogP contribution in [-0.2, 0) is 6.18 Å². The van der Waals surface area contributed by atoms with Crippen molar-refractivity contribution in [3.8, 4) is 0 Å². The van der Waals surface area contributed by atoms with Gasteiger partial charge in [-0.1, -0.05) is 5.16 Å². The molecule has 1 saturated heterocycles. The number of pyridine rings is 1. The normalized spacial score (nSPS) is 18.2. The standard InChI is InChI=1S/C14H13F3N4O3/c1-7-18-12(24-20-7)8-4-5-21(6-8)11-9(13(22)23)2-3-10(19-11)14(15,16)17/h2-3,8H,4-6H2,1H3,(H,22,23). The van der Waals surface area contributed by atoms with Gasteiger partial charge in [0.1, 0.15) is 17.1 Å². The molecule has 0 aromatic carbocycles. The Bertz CT molecular complexity index is 775. The first kappa shape index (κ1) is 16.2. The molecule has 0 amide bonds. The van der Waals surface area contributed by atoms with E-state index in [0.29, 0.717) is 30.7 Å². The van der Waals surface area contributed by atoms with E-state index in [9.17, 15) is 23.1 Å². The molecule has 3 rings (SSSR count). The summed E-state index contributed by atoms with van der Waals surface area (Å²) in [7, 11) is 0. The Kier molecular flexibility index (Phi) is 3.90. The molecule has 0 radical (unpaired) electrons. The molecule has 10 heteroatoms. The number of nitrogens with zero attached hydrogens (tertiary/aromatic N) is 4. The predicted octanol–water partition coefficient (Wildman–Crippen LogP) is 2.48. The number of carbonyl (C=O) groups is 1. The van der Waals surface area contributed by atoms with Gasteiger partial charge in [-0.3, -0.25) is 0 Å². The van der Waals surface area contributed by atoms with Crippen LogP contribution in [0.1, 0.15) is 40.1 Å². The van der Waals surface area contributed by atoms with Crippen molar-refractivity contribution in [1.82, 2.24) is 15.1 Å². The first-order valence-corrected chi connectivity index (χ1v) is 7.12. The van der Waals surface area contributed by atoms with Crippen molar-refractivity contribution in [2.45, 2.75) is 25.4 Å². The molecular weight excluding hydrogens is 329 g/mol. The van der Waals surface area contributed by atoms with Crippen molar-refractivity contribution in [3.05, 3.63) is 35.1 Å². The van der Waals surface area contributed by atoms with Crippen molar-refractivity contribution in [3.63, 3.8) is 0 Å². The van der Waals surface area contributed by atoms with Crippen LogP contribution < -0.4 is 4.90 Å². The minimum atomic E-state index is -4.64. The minimum absolute atomic E-state index is 0.177. The number of rotatable bonds is 3. The number of aryl methyl sites for hydroxylation is 1. The van der Waals surface area contributed by atoms with Crippen LogP contribution in [0.5, 0.6) is 0 Å². The van der Waals surface area contributed by atoms with E-state index in [1.54, 1.807) is 6.92 Å². The summed E-state index contributed by atoms with van der Waals surface area (Å²) < 4.78 is 43.7. The lowest BCUT2D eigenvalue weighted by molar-refractivity contribution is -0.141. The number of carboxylic acid groups (broad SMARTS) is 1. The van der Waals surface area contributed by atoms with Crippen LogP contribution in [0, 0.1) is 6.92 Å². The SMILES string of the molecule is Cc1noc(C2CCN(c3nc(C(F)(F)F)ccc3C(=O)O)C2)n1. The van der Waals surface area contributed by atoms with Gasteiger partial charge in [0.15, 0.2) is 5.82 Å². The second kappa shape index (κ2) is 5.77. The van der Waals surface area contributed by atoms with Crippen LogP contribution in [0.15, 0.2) is 16.7 Å². The highest BCUT2D eigenvalue weighted by Gasteiger charge is 2.36. The van der Waals surface area contributed by atoms with Gasteiger partial charge >= 0.3 is 12.1 Å². The molecule has 2 aromatic rings. The summed E-state index contributed by atoms with van der Waals surface area (Å²) in [6, 6.07) is 1.60. The fraction of sp³-hybridized carbons (Fsp3) is 0.429. The van der Waals surface area contributed by atoms with Crippen LogP contribution in [0.2, 0.25) is 0 Å². The molecule has 0 saturated carbocycles. The van der Waals surface area contributed by atoms with E-state index >= 15 is 0 Å². The quantitative estimate of drug-likeness (QED) is 0.916. The molecule has 0 aliphatic carbocycles. The van der Waals surface area contributed by atoms with Crippen molar-refractivity contribution in [2.75, 3.05) is 18.0 Å². The molecule has 3 heterocycles. The smallest absolute Gasteiger partial charge is 0.433 e. The first-order chi connectivity index (χ1) is 11.3. The van der Waals surface area contributed by atoms with Crippen LogP contribution >= 0.6 is 0 Å². The third-order valence-corrected chi connectivity index (χ3v) is 3.78. The second-order valence-corrected chi connectivity index (χ2v) is 5.48. The zero-order valence-corrected chi connectivity index (χ0v) is 12.5. The lowest BCUT2D eigenvalue weighted by Crippen LogP contribution is -2.25. The summed E-state index contributed by atoms with van der Waals surface area (Å²) in [5, 5.41) is 12.9. The molecule has 1 atom stereocenters. The zero-order chi connectivity index (χ0) is 17.5. The highest BCUT2D eigenvalue weighted by atomic mass is 19.4. The van der Waals surface area contributed by atoms with Crippen molar-refractivity contribution in [1.29, 1.82) is 0 Å². The summed E-state index contributed by atoms with van der Waals surface area (Å²) in [5.74, 6) is -0.853. The average molecular weight is 342 g/mol. The van der Waals surface area contributed by atoms with E-state index in [2.05, 4.69) is 15.1 Å². The van der Waals surface area contributed by atoms with Crippen LogP contribution in [0.25, 0.3) is 0 Å². The van der Waals surface area contributed by atoms with E-state index in [1.165, 1.54) is 4.90 Å². The first-order valence-electron chi connectivity index (χ1n) is 7.12. The molecule has 7 nitrogen and oxygen atoms in total. The lowest BCUT2D eigenvalue weighted by Gasteiger charge is -2.20. The monoisotopic (exact) mass is 342 g/mol. The molecule has 128 valence electrons. The summed E-state index contributed by atoms with van der Waals surface area (Å²) >= 11 is 0. The molecule has 1 fully saturated rings. The Morgan fingerprint density at radius 3 is 2.71 bits per heavy atom. The van der Waals surface area contributed by atoms with Gasteiger partial charge in [0, 0.05) is 13.1 Å².